The zero-order valence-electron chi connectivity index (χ0n) is 9.61. The van der Waals surface area contributed by atoms with Gasteiger partial charge in [-0.1, -0.05) is 18.2 Å². The molecule has 0 atom stereocenters. The fraction of sp³-hybridized carbons (Fsp3) is 0.182. The maximum Gasteiger partial charge on any atom is 0.229 e. The molecule has 2 aromatic rings. The van der Waals surface area contributed by atoms with Crippen molar-refractivity contribution in [1.82, 2.24) is 15.0 Å². The maximum absolute atomic E-state index is 13.4. The Bertz CT molecular complexity index is 549. The third-order valence-corrected chi connectivity index (χ3v) is 2.40. The monoisotopic (exact) mass is 267 g/mol. The minimum Gasteiger partial charge on any atom is -0.357 e. The molecule has 0 bridgehead atoms. The van der Waals surface area contributed by atoms with Gasteiger partial charge in [-0.2, -0.15) is 15.0 Å². The summed E-state index contributed by atoms with van der Waals surface area (Å²) in [5.74, 6) is 0.368. The summed E-state index contributed by atoms with van der Waals surface area (Å²) >= 11 is 5.73. The fourth-order valence-corrected chi connectivity index (χ4v) is 1.52. The van der Waals surface area contributed by atoms with Crippen molar-refractivity contribution in [2.24, 2.45) is 0 Å². The van der Waals surface area contributed by atoms with Gasteiger partial charge in [0.15, 0.2) is 0 Å². The number of nitrogens with one attached hydrogen (secondary N) is 2. The minimum atomic E-state index is -0.279. The van der Waals surface area contributed by atoms with Crippen molar-refractivity contribution in [2.45, 2.75) is 6.54 Å². The van der Waals surface area contributed by atoms with Crippen molar-refractivity contribution >= 4 is 23.5 Å². The Hall–Kier alpha value is -1.95. The third-order valence-electron chi connectivity index (χ3n) is 2.23. The smallest absolute Gasteiger partial charge is 0.229 e. The first-order valence-corrected chi connectivity index (χ1v) is 5.63. The Labute approximate surface area is 108 Å². The molecule has 18 heavy (non-hydrogen) atoms. The fourth-order valence-electron chi connectivity index (χ4n) is 1.36. The first-order valence-electron chi connectivity index (χ1n) is 5.25. The zero-order valence-corrected chi connectivity index (χ0v) is 10.4. The quantitative estimate of drug-likeness (QED) is 0.890. The van der Waals surface area contributed by atoms with Crippen molar-refractivity contribution in [3.8, 4) is 0 Å². The molecule has 0 fully saturated rings. The number of anilines is 2. The third kappa shape index (κ3) is 3.04. The SMILES string of the molecule is CNc1nc(Cl)nc(NCc2ccccc2F)n1. The predicted molar refractivity (Wildman–Crippen MR) is 68.1 cm³/mol. The standard InChI is InChI=1S/C11H11ClFN5/c1-14-10-16-9(12)17-11(18-10)15-6-7-4-2-3-5-8(7)13/h2-5H,6H2,1H3,(H2,14,15,16,17,18). The van der Waals surface area contributed by atoms with Gasteiger partial charge in [0.1, 0.15) is 5.82 Å². The topological polar surface area (TPSA) is 62.7 Å². The van der Waals surface area contributed by atoms with Gasteiger partial charge in [-0.25, -0.2) is 4.39 Å². The Morgan fingerprint density at radius 3 is 2.61 bits per heavy atom. The number of rotatable bonds is 4. The molecule has 0 aliphatic heterocycles. The Kier molecular flexibility index (Phi) is 3.88. The van der Waals surface area contributed by atoms with Crippen LogP contribution in [0.4, 0.5) is 16.3 Å². The largest absolute Gasteiger partial charge is 0.357 e. The molecule has 0 saturated carbocycles. The Morgan fingerprint density at radius 2 is 1.89 bits per heavy atom. The molecule has 1 aromatic carbocycles. The average Bonchev–Trinajstić information content (AvgIpc) is 2.37. The van der Waals surface area contributed by atoms with E-state index in [1.165, 1.54) is 6.07 Å². The van der Waals surface area contributed by atoms with Crippen molar-refractivity contribution in [3.05, 3.63) is 40.9 Å². The van der Waals surface area contributed by atoms with E-state index in [2.05, 4.69) is 25.6 Å². The molecular weight excluding hydrogens is 257 g/mol. The van der Waals surface area contributed by atoms with Crippen LogP contribution >= 0.6 is 11.6 Å². The van der Waals surface area contributed by atoms with Gasteiger partial charge < -0.3 is 10.6 Å². The van der Waals surface area contributed by atoms with Crippen LogP contribution < -0.4 is 10.6 Å². The molecule has 0 unspecified atom stereocenters. The van der Waals surface area contributed by atoms with Crippen molar-refractivity contribution in [1.29, 1.82) is 0 Å². The molecular formula is C11H11ClFN5. The molecule has 0 amide bonds. The molecule has 2 rings (SSSR count). The molecule has 0 aliphatic rings. The van der Waals surface area contributed by atoms with Crippen LogP contribution in [0.1, 0.15) is 5.56 Å². The Morgan fingerprint density at radius 1 is 1.17 bits per heavy atom. The van der Waals surface area contributed by atoms with Crippen LogP contribution in [0.25, 0.3) is 0 Å². The van der Waals surface area contributed by atoms with E-state index in [9.17, 15) is 4.39 Å². The Balaban J connectivity index is 2.11. The van der Waals surface area contributed by atoms with Gasteiger partial charge in [-0.15, -0.1) is 0 Å². The second-order valence-corrected chi connectivity index (χ2v) is 3.78. The van der Waals surface area contributed by atoms with Gasteiger partial charge in [-0.3, -0.25) is 0 Å². The van der Waals surface area contributed by atoms with Crippen LogP contribution in [0.2, 0.25) is 5.28 Å². The molecule has 1 aromatic heterocycles. The van der Waals surface area contributed by atoms with Gasteiger partial charge in [0.2, 0.25) is 17.2 Å². The lowest BCUT2D eigenvalue weighted by Crippen LogP contribution is -2.08. The first-order chi connectivity index (χ1) is 8.69. The number of hydrogen-bond donors (Lipinski definition) is 2. The summed E-state index contributed by atoms with van der Waals surface area (Å²) in [6.07, 6.45) is 0. The highest BCUT2D eigenvalue weighted by molar-refractivity contribution is 6.28. The van der Waals surface area contributed by atoms with E-state index in [1.807, 2.05) is 0 Å². The van der Waals surface area contributed by atoms with Crippen LogP contribution in [-0.2, 0) is 6.54 Å². The summed E-state index contributed by atoms with van der Waals surface area (Å²) in [6.45, 7) is 0.274. The summed E-state index contributed by atoms with van der Waals surface area (Å²) in [4.78, 5) is 11.8. The lowest BCUT2D eigenvalue weighted by Gasteiger charge is -2.07. The number of benzene rings is 1. The van der Waals surface area contributed by atoms with Gasteiger partial charge in [0.05, 0.1) is 0 Å². The van der Waals surface area contributed by atoms with E-state index >= 15 is 0 Å². The predicted octanol–water partition coefficient (Wildman–Crippen LogP) is 2.32. The number of halogens is 2. The maximum atomic E-state index is 13.4. The molecule has 5 nitrogen and oxygen atoms in total. The van der Waals surface area contributed by atoms with Crippen LogP contribution in [0.5, 0.6) is 0 Å². The van der Waals surface area contributed by atoms with E-state index in [1.54, 1.807) is 25.2 Å². The molecule has 0 saturated heterocycles. The number of aromatic nitrogens is 3. The highest BCUT2D eigenvalue weighted by Crippen LogP contribution is 2.11. The van der Waals surface area contributed by atoms with Gasteiger partial charge >= 0.3 is 0 Å². The van der Waals surface area contributed by atoms with E-state index in [-0.39, 0.29) is 17.6 Å². The van der Waals surface area contributed by atoms with Crippen molar-refractivity contribution in [2.75, 3.05) is 17.7 Å². The van der Waals surface area contributed by atoms with Crippen LogP contribution in [0.3, 0.4) is 0 Å². The second-order valence-electron chi connectivity index (χ2n) is 3.45. The van der Waals surface area contributed by atoms with E-state index in [4.69, 9.17) is 11.6 Å². The lowest BCUT2D eigenvalue weighted by molar-refractivity contribution is 0.612. The normalized spacial score (nSPS) is 10.2. The summed E-state index contributed by atoms with van der Waals surface area (Å²) < 4.78 is 13.4. The number of nitrogens with zero attached hydrogens (tertiary/aromatic N) is 3. The molecule has 0 spiro atoms. The molecule has 94 valence electrons. The van der Waals surface area contributed by atoms with Crippen LogP contribution in [-0.4, -0.2) is 22.0 Å². The van der Waals surface area contributed by atoms with Crippen molar-refractivity contribution in [3.63, 3.8) is 0 Å². The highest BCUT2D eigenvalue weighted by atomic mass is 35.5. The lowest BCUT2D eigenvalue weighted by atomic mass is 10.2. The molecule has 0 radical (unpaired) electrons. The average molecular weight is 268 g/mol. The molecule has 0 aliphatic carbocycles. The summed E-state index contributed by atoms with van der Waals surface area (Å²) in [5.41, 5.74) is 0.528. The second kappa shape index (κ2) is 5.59. The molecule has 1 heterocycles. The van der Waals surface area contributed by atoms with Crippen LogP contribution in [0, 0.1) is 5.82 Å². The van der Waals surface area contributed by atoms with Crippen LogP contribution in [0.15, 0.2) is 24.3 Å². The van der Waals surface area contributed by atoms with Gasteiger partial charge in [0, 0.05) is 19.2 Å². The molecule has 7 heteroatoms. The first kappa shape index (κ1) is 12.5. The summed E-state index contributed by atoms with van der Waals surface area (Å²) in [5, 5.41) is 5.72. The highest BCUT2D eigenvalue weighted by Gasteiger charge is 2.05. The van der Waals surface area contributed by atoms with E-state index in [0.29, 0.717) is 17.5 Å². The summed E-state index contributed by atoms with van der Waals surface area (Å²) in [7, 11) is 1.67. The summed E-state index contributed by atoms with van der Waals surface area (Å²) in [6, 6.07) is 6.48. The van der Waals surface area contributed by atoms with E-state index in [0.717, 1.165) is 0 Å². The minimum absolute atomic E-state index is 0.0744. The molecule has 2 N–H and O–H groups in total. The number of hydrogen-bond acceptors (Lipinski definition) is 5. The van der Waals surface area contributed by atoms with Gasteiger partial charge in [-0.05, 0) is 17.7 Å². The van der Waals surface area contributed by atoms with Gasteiger partial charge in [0.25, 0.3) is 0 Å². The van der Waals surface area contributed by atoms with E-state index < -0.39 is 0 Å². The zero-order chi connectivity index (χ0) is 13.0. The van der Waals surface area contributed by atoms with Crippen molar-refractivity contribution < 1.29 is 4.39 Å².